The molecule has 0 unspecified atom stereocenters. The highest BCUT2D eigenvalue weighted by Gasteiger charge is 2.39. The second-order valence-electron chi connectivity index (χ2n) is 7.97. The molecule has 0 amide bonds. The molecule has 0 aromatic heterocycles. The van der Waals surface area contributed by atoms with Crippen LogP contribution in [0.1, 0.15) is 81.4 Å². The van der Waals surface area contributed by atoms with Crippen molar-refractivity contribution in [2.24, 2.45) is 5.41 Å². The predicted octanol–water partition coefficient (Wildman–Crippen LogP) is 6.80. The predicted molar refractivity (Wildman–Crippen MR) is 105 cm³/mol. The molecular weight excluding hydrogens is 379 g/mol. The molecule has 0 saturated heterocycles. The average Bonchev–Trinajstić information content (AvgIpc) is 3.41. The van der Waals surface area contributed by atoms with Crippen LogP contribution in [-0.4, -0.2) is 3.42 Å². The highest BCUT2D eigenvalue weighted by molar-refractivity contribution is 14.1. The summed E-state index contributed by atoms with van der Waals surface area (Å²) in [5.74, 6) is 0. The zero-order valence-electron chi connectivity index (χ0n) is 14.4. The van der Waals surface area contributed by atoms with Crippen molar-refractivity contribution in [3.8, 4) is 0 Å². The van der Waals surface area contributed by atoms with Gasteiger partial charge < -0.3 is 0 Å². The van der Waals surface area contributed by atoms with Crippen LogP contribution in [0.4, 0.5) is 0 Å². The van der Waals surface area contributed by atoms with E-state index in [1.807, 2.05) is 0 Å². The van der Waals surface area contributed by atoms with Gasteiger partial charge in [0.05, 0.1) is 0 Å². The van der Waals surface area contributed by atoms with Gasteiger partial charge in [-0.05, 0) is 93.2 Å². The van der Waals surface area contributed by atoms with E-state index >= 15 is 0 Å². The zero-order valence-corrected chi connectivity index (χ0v) is 16.5. The summed E-state index contributed by atoms with van der Waals surface area (Å²) < 4.78 is 0.683. The third kappa shape index (κ3) is 4.49. The minimum atomic E-state index is 0.683. The van der Waals surface area contributed by atoms with Gasteiger partial charge in [0.2, 0.25) is 0 Å². The van der Waals surface area contributed by atoms with Crippen molar-refractivity contribution in [3.63, 3.8) is 0 Å². The Morgan fingerprint density at radius 2 is 1.73 bits per heavy atom. The zero-order chi connectivity index (χ0) is 15.6. The first-order valence-electron chi connectivity index (χ1n) is 9.32. The third-order valence-corrected chi connectivity index (χ3v) is 7.77. The number of hydrogen-bond donors (Lipinski definition) is 0. The molecular formula is C21H31I. The molecule has 1 aromatic carbocycles. The molecule has 22 heavy (non-hydrogen) atoms. The van der Waals surface area contributed by atoms with Crippen molar-refractivity contribution >= 4 is 22.6 Å². The van der Waals surface area contributed by atoms with Crippen molar-refractivity contribution in [3.05, 3.63) is 34.9 Å². The fourth-order valence-electron chi connectivity index (χ4n) is 3.76. The minimum absolute atomic E-state index is 0.683. The van der Waals surface area contributed by atoms with Gasteiger partial charge in [-0.25, -0.2) is 0 Å². The summed E-state index contributed by atoms with van der Waals surface area (Å²) in [6.07, 6.45) is 15.4. The van der Waals surface area contributed by atoms with Crippen LogP contribution in [-0.2, 0) is 12.8 Å². The first kappa shape index (κ1) is 16.8. The molecule has 0 nitrogen and oxygen atoms in total. The van der Waals surface area contributed by atoms with Crippen LogP contribution in [0.3, 0.4) is 0 Å². The lowest BCUT2D eigenvalue weighted by Gasteiger charge is -2.13. The van der Waals surface area contributed by atoms with Gasteiger partial charge in [0, 0.05) is 3.42 Å². The Morgan fingerprint density at radius 3 is 2.36 bits per heavy atom. The van der Waals surface area contributed by atoms with Gasteiger partial charge in [-0.2, -0.15) is 0 Å². The van der Waals surface area contributed by atoms with Crippen molar-refractivity contribution in [1.82, 2.24) is 0 Å². The first-order chi connectivity index (χ1) is 10.5. The molecule has 0 aliphatic heterocycles. The van der Waals surface area contributed by atoms with E-state index in [0.29, 0.717) is 3.42 Å². The molecule has 2 aliphatic carbocycles. The smallest absolute Gasteiger partial charge is 0.0223 e. The Morgan fingerprint density at radius 1 is 1.00 bits per heavy atom. The molecule has 2 aliphatic rings. The van der Waals surface area contributed by atoms with E-state index in [9.17, 15) is 0 Å². The van der Waals surface area contributed by atoms with E-state index in [0.717, 1.165) is 5.41 Å². The van der Waals surface area contributed by atoms with Gasteiger partial charge in [-0.1, -0.05) is 54.1 Å². The van der Waals surface area contributed by atoms with Gasteiger partial charge in [0.1, 0.15) is 0 Å². The van der Waals surface area contributed by atoms with Crippen molar-refractivity contribution < 1.29 is 0 Å². The Hall–Kier alpha value is -0.0500. The number of alkyl halides is 1. The highest BCUT2D eigenvalue weighted by Crippen LogP contribution is 2.52. The topological polar surface area (TPSA) is 0 Å². The molecule has 2 saturated carbocycles. The average molecular weight is 410 g/mol. The summed E-state index contributed by atoms with van der Waals surface area (Å²) in [5, 5.41) is 0. The van der Waals surface area contributed by atoms with Gasteiger partial charge >= 0.3 is 0 Å². The van der Waals surface area contributed by atoms with Crippen LogP contribution in [0.2, 0.25) is 0 Å². The Labute approximate surface area is 150 Å². The van der Waals surface area contributed by atoms with Crippen LogP contribution in [0.5, 0.6) is 0 Å². The monoisotopic (exact) mass is 410 g/mol. The van der Waals surface area contributed by atoms with Crippen LogP contribution in [0.25, 0.3) is 0 Å². The maximum atomic E-state index is 2.68. The Balaban J connectivity index is 1.48. The van der Waals surface area contributed by atoms with Gasteiger partial charge in [0.25, 0.3) is 0 Å². The quantitative estimate of drug-likeness (QED) is 0.310. The lowest BCUT2D eigenvalue weighted by molar-refractivity contribution is 0.434. The maximum absolute atomic E-state index is 2.68. The fraction of sp³-hybridized carbons (Fsp3) is 0.714. The summed E-state index contributed by atoms with van der Waals surface area (Å²) >= 11 is 2.68. The second-order valence-corrected chi connectivity index (χ2v) is 10.3. The van der Waals surface area contributed by atoms with Crippen molar-refractivity contribution in [2.45, 2.75) is 87.9 Å². The third-order valence-electron chi connectivity index (χ3n) is 6.16. The van der Waals surface area contributed by atoms with Crippen LogP contribution in [0.15, 0.2) is 18.2 Å². The highest BCUT2D eigenvalue weighted by atomic mass is 127. The van der Waals surface area contributed by atoms with Gasteiger partial charge in [-0.3, -0.25) is 0 Å². The summed E-state index contributed by atoms with van der Waals surface area (Å²) in [6.45, 7) is 4.66. The van der Waals surface area contributed by atoms with Crippen molar-refractivity contribution in [1.29, 1.82) is 0 Å². The van der Waals surface area contributed by atoms with Crippen LogP contribution in [0, 0.1) is 12.3 Å². The summed E-state index contributed by atoms with van der Waals surface area (Å²) in [6, 6.07) is 7.23. The van der Waals surface area contributed by atoms with E-state index in [1.54, 1.807) is 11.1 Å². The molecule has 122 valence electrons. The van der Waals surface area contributed by atoms with E-state index in [1.165, 1.54) is 76.2 Å². The lowest BCUT2D eigenvalue weighted by atomic mass is 9.93. The second kappa shape index (κ2) is 6.83. The summed E-state index contributed by atoms with van der Waals surface area (Å²) in [5.41, 5.74) is 5.43. The largest absolute Gasteiger partial charge is 0.0789 e. The maximum Gasteiger partial charge on any atom is 0.0223 e. The molecule has 1 heteroatoms. The number of hydrogen-bond acceptors (Lipinski definition) is 0. The number of benzene rings is 1. The molecule has 3 rings (SSSR count). The molecule has 0 radical (unpaired) electrons. The molecule has 0 atom stereocenters. The normalized spacial score (nSPS) is 20.9. The molecule has 0 N–H and O–H groups in total. The standard InChI is InChI=1S/C21H31I/c1-3-20(12-13-20)10-4-6-18-9-8-17(2)19(16-18)7-5-11-21(22)14-15-21/h8-9,16H,3-7,10-15H2,1-2H3. The summed E-state index contributed by atoms with van der Waals surface area (Å²) in [4.78, 5) is 0. The molecule has 2 fully saturated rings. The van der Waals surface area contributed by atoms with Gasteiger partial charge in [0.15, 0.2) is 0 Å². The minimum Gasteiger partial charge on any atom is -0.0789 e. The van der Waals surface area contributed by atoms with E-state index in [-0.39, 0.29) is 0 Å². The van der Waals surface area contributed by atoms with Crippen LogP contribution >= 0.6 is 22.6 Å². The first-order valence-corrected chi connectivity index (χ1v) is 10.4. The fourth-order valence-corrected chi connectivity index (χ4v) is 4.41. The van der Waals surface area contributed by atoms with Gasteiger partial charge in [-0.15, -0.1) is 0 Å². The molecule has 0 spiro atoms. The van der Waals surface area contributed by atoms with E-state index in [4.69, 9.17) is 0 Å². The van der Waals surface area contributed by atoms with E-state index in [2.05, 4.69) is 54.6 Å². The number of aryl methyl sites for hydroxylation is 3. The molecule has 0 bridgehead atoms. The van der Waals surface area contributed by atoms with Crippen LogP contribution < -0.4 is 0 Å². The molecule has 1 aromatic rings. The Kier molecular flexibility index (Phi) is 5.21. The van der Waals surface area contributed by atoms with Crippen molar-refractivity contribution in [2.75, 3.05) is 0 Å². The lowest BCUT2D eigenvalue weighted by Crippen LogP contribution is -2.01. The SMILES string of the molecule is CCC1(CCCc2ccc(C)c(CCCC3(I)CC3)c2)CC1. The number of rotatable bonds is 9. The summed E-state index contributed by atoms with van der Waals surface area (Å²) in [7, 11) is 0. The van der Waals surface area contributed by atoms with E-state index < -0.39 is 0 Å². The molecule has 0 heterocycles. The number of halogens is 1. The Bertz CT molecular complexity index is 509.